The first-order valence-corrected chi connectivity index (χ1v) is 8.03. The van der Waals surface area contributed by atoms with Crippen molar-refractivity contribution in [3.8, 4) is 0 Å². The number of nitrogens with zero attached hydrogens (tertiary/aromatic N) is 3. The van der Waals surface area contributed by atoms with E-state index in [1.54, 1.807) is 5.06 Å². The standard InChI is InChI=1S/C14H26N3OP/c1-14(2,19)13-15-10-8-17(18)11-7-5-4-6-9(11)12(10)16(13)3/h9-12,18H,4-8,19H2,1-3H3. The molecular weight excluding hydrogens is 257 g/mol. The fourth-order valence-electron chi connectivity index (χ4n) is 4.30. The largest absolute Gasteiger partial charge is 0.357 e. The van der Waals surface area contributed by atoms with Crippen molar-refractivity contribution in [3.05, 3.63) is 0 Å². The van der Waals surface area contributed by atoms with E-state index < -0.39 is 0 Å². The van der Waals surface area contributed by atoms with Gasteiger partial charge in [-0.15, -0.1) is 9.24 Å². The summed E-state index contributed by atoms with van der Waals surface area (Å²) in [7, 11) is 5.09. The molecule has 2 aliphatic heterocycles. The Kier molecular flexibility index (Phi) is 3.40. The van der Waals surface area contributed by atoms with Crippen LogP contribution in [0.15, 0.2) is 4.99 Å². The highest BCUT2D eigenvalue weighted by atomic mass is 31.0. The van der Waals surface area contributed by atoms with Crippen molar-refractivity contribution in [3.63, 3.8) is 0 Å². The molecular formula is C14H26N3OP. The summed E-state index contributed by atoms with van der Waals surface area (Å²) in [5, 5.41) is 11.9. The van der Waals surface area contributed by atoms with E-state index in [0.29, 0.717) is 24.5 Å². The molecule has 1 aliphatic carbocycles. The van der Waals surface area contributed by atoms with Gasteiger partial charge in [0.2, 0.25) is 0 Å². The van der Waals surface area contributed by atoms with Crippen LogP contribution in [0.4, 0.5) is 0 Å². The summed E-state index contributed by atoms with van der Waals surface area (Å²) in [6, 6.07) is 1.08. The Labute approximate surface area is 118 Å². The summed E-state index contributed by atoms with van der Waals surface area (Å²) in [5.74, 6) is 1.74. The summed E-state index contributed by atoms with van der Waals surface area (Å²) >= 11 is 0. The van der Waals surface area contributed by atoms with E-state index in [-0.39, 0.29) is 11.2 Å². The third-order valence-corrected chi connectivity index (χ3v) is 5.28. The van der Waals surface area contributed by atoms with Gasteiger partial charge < -0.3 is 10.1 Å². The Morgan fingerprint density at radius 1 is 1.32 bits per heavy atom. The number of rotatable bonds is 1. The third-order valence-electron chi connectivity index (χ3n) is 5.02. The van der Waals surface area contributed by atoms with Gasteiger partial charge in [-0.05, 0) is 32.6 Å². The number of piperidine rings is 1. The van der Waals surface area contributed by atoms with Gasteiger partial charge in [-0.2, -0.15) is 5.06 Å². The number of aliphatic imine (C=N–C) groups is 1. The van der Waals surface area contributed by atoms with Gasteiger partial charge >= 0.3 is 0 Å². The number of fused-ring (bicyclic) bond motifs is 3. The third kappa shape index (κ3) is 2.22. The molecule has 3 aliphatic rings. The minimum atomic E-state index is 0.0105. The SMILES string of the molecule is CN1C(C(C)(C)P)=NC2CN(O)C3CCCCC3C21. The van der Waals surface area contributed by atoms with Crippen molar-refractivity contribution in [2.75, 3.05) is 13.6 Å². The van der Waals surface area contributed by atoms with Gasteiger partial charge in [0.05, 0.1) is 12.1 Å². The molecule has 2 heterocycles. The van der Waals surface area contributed by atoms with Crippen molar-refractivity contribution < 1.29 is 5.21 Å². The fourth-order valence-corrected chi connectivity index (χ4v) is 4.58. The molecule has 108 valence electrons. The van der Waals surface area contributed by atoms with E-state index in [2.05, 4.69) is 35.0 Å². The predicted octanol–water partition coefficient (Wildman–Crippen LogP) is 1.98. The van der Waals surface area contributed by atoms with Crippen LogP contribution in [0.3, 0.4) is 0 Å². The molecule has 5 atom stereocenters. The smallest absolute Gasteiger partial charge is 0.109 e. The van der Waals surface area contributed by atoms with Crippen LogP contribution >= 0.6 is 9.24 Å². The van der Waals surface area contributed by atoms with E-state index in [0.717, 1.165) is 6.42 Å². The first kappa shape index (κ1) is 13.8. The molecule has 0 spiro atoms. The minimum Gasteiger partial charge on any atom is -0.357 e. The lowest BCUT2D eigenvalue weighted by Crippen LogP contribution is -2.60. The molecule has 5 heteroatoms. The van der Waals surface area contributed by atoms with Gasteiger partial charge in [-0.3, -0.25) is 4.99 Å². The van der Waals surface area contributed by atoms with Crippen LogP contribution in [0.1, 0.15) is 39.5 Å². The lowest BCUT2D eigenvalue weighted by atomic mass is 9.74. The zero-order valence-corrected chi connectivity index (χ0v) is 13.4. The van der Waals surface area contributed by atoms with Crippen LogP contribution in [0, 0.1) is 5.92 Å². The molecule has 2 fully saturated rings. The normalized spacial score (nSPS) is 39.8. The van der Waals surface area contributed by atoms with Gasteiger partial charge in [0.25, 0.3) is 0 Å². The maximum Gasteiger partial charge on any atom is 0.109 e. The van der Waals surface area contributed by atoms with Crippen LogP contribution < -0.4 is 0 Å². The number of hydrogen-bond donors (Lipinski definition) is 1. The second-order valence-electron chi connectivity index (χ2n) is 6.98. The van der Waals surface area contributed by atoms with Gasteiger partial charge in [0.1, 0.15) is 5.84 Å². The maximum atomic E-state index is 10.3. The monoisotopic (exact) mass is 283 g/mol. The molecule has 0 amide bonds. The number of hydroxylamine groups is 2. The zero-order valence-electron chi connectivity index (χ0n) is 12.2. The number of likely N-dealkylation sites (N-methyl/N-ethyl adjacent to an activating group) is 1. The van der Waals surface area contributed by atoms with E-state index >= 15 is 0 Å². The Balaban J connectivity index is 1.89. The van der Waals surface area contributed by atoms with Gasteiger partial charge in [0, 0.05) is 24.8 Å². The highest BCUT2D eigenvalue weighted by Gasteiger charge is 2.50. The molecule has 3 rings (SSSR count). The molecule has 0 radical (unpaired) electrons. The number of amidine groups is 1. The van der Waals surface area contributed by atoms with Crippen molar-refractivity contribution in [2.45, 2.75) is 62.8 Å². The van der Waals surface area contributed by atoms with Gasteiger partial charge in [-0.25, -0.2) is 0 Å². The highest BCUT2D eigenvalue weighted by molar-refractivity contribution is 7.21. The Hall–Kier alpha value is -0.180. The minimum absolute atomic E-state index is 0.0105. The van der Waals surface area contributed by atoms with Crippen LogP contribution in [-0.4, -0.2) is 57.9 Å². The summed E-state index contributed by atoms with van der Waals surface area (Å²) in [6.45, 7) is 5.08. The fraction of sp³-hybridized carbons (Fsp3) is 0.929. The summed E-state index contributed by atoms with van der Waals surface area (Å²) in [6.07, 6.45) is 4.92. The molecule has 0 aromatic heterocycles. The lowest BCUT2D eigenvalue weighted by molar-refractivity contribution is -0.180. The summed E-state index contributed by atoms with van der Waals surface area (Å²) < 4.78 is 0. The average Bonchev–Trinajstić information content (AvgIpc) is 2.67. The van der Waals surface area contributed by atoms with Crippen molar-refractivity contribution in [1.82, 2.24) is 9.96 Å². The maximum absolute atomic E-state index is 10.3. The molecule has 1 N–H and O–H groups in total. The molecule has 0 aromatic rings. The second kappa shape index (κ2) is 4.68. The lowest BCUT2D eigenvalue weighted by Gasteiger charge is -2.48. The average molecular weight is 283 g/mol. The Morgan fingerprint density at radius 2 is 2.00 bits per heavy atom. The van der Waals surface area contributed by atoms with Crippen molar-refractivity contribution in [1.29, 1.82) is 0 Å². The Morgan fingerprint density at radius 3 is 2.68 bits per heavy atom. The highest BCUT2D eigenvalue weighted by Crippen LogP contribution is 2.41. The predicted molar refractivity (Wildman–Crippen MR) is 80.8 cm³/mol. The quantitative estimate of drug-likeness (QED) is 0.748. The van der Waals surface area contributed by atoms with E-state index in [1.165, 1.54) is 25.1 Å². The molecule has 5 unspecified atom stereocenters. The molecule has 1 saturated heterocycles. The first-order chi connectivity index (χ1) is 8.89. The van der Waals surface area contributed by atoms with Crippen molar-refractivity contribution >= 4 is 15.1 Å². The molecule has 1 saturated carbocycles. The first-order valence-electron chi connectivity index (χ1n) is 7.45. The summed E-state index contributed by atoms with van der Waals surface area (Å²) in [5.41, 5.74) is 0. The van der Waals surface area contributed by atoms with Crippen LogP contribution in [0.25, 0.3) is 0 Å². The van der Waals surface area contributed by atoms with Crippen LogP contribution in [0.5, 0.6) is 0 Å². The zero-order chi connectivity index (χ0) is 13.8. The van der Waals surface area contributed by atoms with Crippen molar-refractivity contribution in [2.24, 2.45) is 10.9 Å². The van der Waals surface area contributed by atoms with E-state index in [9.17, 15) is 5.21 Å². The van der Waals surface area contributed by atoms with Crippen LogP contribution in [0.2, 0.25) is 0 Å². The van der Waals surface area contributed by atoms with E-state index in [1.807, 2.05) is 0 Å². The molecule has 0 aromatic carbocycles. The topological polar surface area (TPSA) is 39.1 Å². The van der Waals surface area contributed by atoms with Gasteiger partial charge in [0.15, 0.2) is 0 Å². The number of hydrogen-bond acceptors (Lipinski definition) is 4. The second-order valence-corrected chi connectivity index (χ2v) is 8.42. The molecule has 19 heavy (non-hydrogen) atoms. The van der Waals surface area contributed by atoms with E-state index in [4.69, 9.17) is 4.99 Å². The Bertz CT molecular complexity index is 393. The summed E-state index contributed by atoms with van der Waals surface area (Å²) in [4.78, 5) is 7.32. The van der Waals surface area contributed by atoms with Crippen LogP contribution in [-0.2, 0) is 0 Å². The molecule has 4 nitrogen and oxygen atoms in total. The molecule has 0 bridgehead atoms. The van der Waals surface area contributed by atoms with Gasteiger partial charge in [-0.1, -0.05) is 12.8 Å².